The maximum atomic E-state index is 4.42. The Hall–Kier alpha value is 0.660. The molecular formula is C11H25NS2. The van der Waals surface area contributed by atoms with Gasteiger partial charge in [0.25, 0.3) is 0 Å². The number of hydrogen-bond acceptors (Lipinski definition) is 3. The second kappa shape index (κ2) is 7.89. The first-order valence-electron chi connectivity index (χ1n) is 5.32. The zero-order chi connectivity index (χ0) is 11.1. The van der Waals surface area contributed by atoms with E-state index in [0.29, 0.717) is 12.0 Å². The standard InChI is InChI=1S/C11H25NS2/c1-9(2)11(7-13)6-12(4)10(3)8-14-5/h9-11,13H,6-8H2,1-5H3. The molecule has 0 bridgehead atoms. The van der Waals surface area contributed by atoms with Crippen LogP contribution in [0.5, 0.6) is 0 Å². The van der Waals surface area contributed by atoms with Crippen LogP contribution in [0.3, 0.4) is 0 Å². The van der Waals surface area contributed by atoms with E-state index in [1.165, 1.54) is 12.3 Å². The van der Waals surface area contributed by atoms with Crippen molar-refractivity contribution in [2.45, 2.75) is 26.8 Å². The fourth-order valence-corrected chi connectivity index (χ4v) is 2.67. The Morgan fingerprint density at radius 2 is 1.86 bits per heavy atom. The van der Waals surface area contributed by atoms with Crippen molar-refractivity contribution in [3.05, 3.63) is 0 Å². The summed E-state index contributed by atoms with van der Waals surface area (Å²) in [4.78, 5) is 2.46. The average Bonchev–Trinajstić information content (AvgIpc) is 2.13. The first kappa shape index (κ1) is 14.7. The van der Waals surface area contributed by atoms with Gasteiger partial charge in [0.05, 0.1) is 0 Å². The summed E-state index contributed by atoms with van der Waals surface area (Å²) in [5.41, 5.74) is 0. The van der Waals surface area contributed by atoms with Gasteiger partial charge in [0.1, 0.15) is 0 Å². The van der Waals surface area contributed by atoms with E-state index < -0.39 is 0 Å². The molecule has 0 amide bonds. The SMILES string of the molecule is CSCC(C)N(C)CC(CS)C(C)C. The van der Waals surface area contributed by atoms with Crippen molar-refractivity contribution in [2.24, 2.45) is 11.8 Å². The van der Waals surface area contributed by atoms with Gasteiger partial charge in [0.15, 0.2) is 0 Å². The van der Waals surface area contributed by atoms with Crippen LogP contribution in [0.1, 0.15) is 20.8 Å². The zero-order valence-corrected chi connectivity index (χ0v) is 11.9. The largest absolute Gasteiger partial charge is 0.303 e. The lowest BCUT2D eigenvalue weighted by Crippen LogP contribution is -2.37. The van der Waals surface area contributed by atoms with Gasteiger partial charge in [0.2, 0.25) is 0 Å². The monoisotopic (exact) mass is 235 g/mol. The quantitative estimate of drug-likeness (QED) is 0.676. The number of thioether (sulfide) groups is 1. The van der Waals surface area contributed by atoms with Gasteiger partial charge >= 0.3 is 0 Å². The fraction of sp³-hybridized carbons (Fsp3) is 1.00. The number of nitrogens with zero attached hydrogens (tertiary/aromatic N) is 1. The number of thiol groups is 1. The van der Waals surface area contributed by atoms with Crippen LogP contribution in [0.15, 0.2) is 0 Å². The molecule has 0 aromatic carbocycles. The van der Waals surface area contributed by atoms with Crippen LogP contribution in [0.4, 0.5) is 0 Å². The van der Waals surface area contributed by atoms with Gasteiger partial charge in [-0.2, -0.15) is 24.4 Å². The van der Waals surface area contributed by atoms with Crippen LogP contribution >= 0.6 is 24.4 Å². The van der Waals surface area contributed by atoms with Gasteiger partial charge in [-0.3, -0.25) is 0 Å². The normalized spacial score (nSPS) is 16.3. The highest BCUT2D eigenvalue weighted by molar-refractivity contribution is 7.98. The lowest BCUT2D eigenvalue weighted by atomic mass is 9.97. The van der Waals surface area contributed by atoms with E-state index in [1.54, 1.807) is 0 Å². The summed E-state index contributed by atoms with van der Waals surface area (Å²) in [5.74, 6) is 3.66. The number of rotatable bonds is 7. The summed E-state index contributed by atoms with van der Waals surface area (Å²) in [5, 5.41) is 0. The lowest BCUT2D eigenvalue weighted by molar-refractivity contribution is 0.216. The Labute approximate surface area is 99.4 Å². The molecule has 0 radical (unpaired) electrons. The second-order valence-electron chi connectivity index (χ2n) is 4.43. The minimum absolute atomic E-state index is 0.672. The average molecular weight is 235 g/mol. The van der Waals surface area contributed by atoms with Gasteiger partial charge in [0, 0.05) is 18.3 Å². The molecule has 86 valence electrons. The zero-order valence-electron chi connectivity index (χ0n) is 10.2. The molecule has 0 N–H and O–H groups in total. The van der Waals surface area contributed by atoms with Crippen molar-refractivity contribution in [1.82, 2.24) is 4.90 Å². The van der Waals surface area contributed by atoms with Gasteiger partial charge in [-0.05, 0) is 37.8 Å². The summed E-state index contributed by atoms with van der Waals surface area (Å²) in [6.45, 7) is 8.04. The van der Waals surface area contributed by atoms with Crippen molar-refractivity contribution in [3.63, 3.8) is 0 Å². The molecule has 0 aromatic rings. The van der Waals surface area contributed by atoms with Crippen molar-refractivity contribution >= 4 is 24.4 Å². The third kappa shape index (κ3) is 5.52. The van der Waals surface area contributed by atoms with E-state index in [9.17, 15) is 0 Å². The highest BCUT2D eigenvalue weighted by atomic mass is 32.2. The first-order valence-corrected chi connectivity index (χ1v) is 7.35. The van der Waals surface area contributed by atoms with Crippen LogP contribution in [0, 0.1) is 11.8 Å². The van der Waals surface area contributed by atoms with Gasteiger partial charge in [-0.1, -0.05) is 13.8 Å². The Bertz CT molecular complexity index is 139. The van der Waals surface area contributed by atoms with Crippen LogP contribution in [0.25, 0.3) is 0 Å². The van der Waals surface area contributed by atoms with Crippen LogP contribution in [-0.2, 0) is 0 Å². The maximum Gasteiger partial charge on any atom is 0.0155 e. The molecule has 0 aliphatic carbocycles. The summed E-state index contributed by atoms with van der Waals surface area (Å²) in [6.07, 6.45) is 2.17. The van der Waals surface area contributed by atoms with Gasteiger partial charge < -0.3 is 4.90 Å². The predicted octanol–water partition coefficient (Wildman–Crippen LogP) is 2.87. The Morgan fingerprint density at radius 1 is 1.29 bits per heavy atom. The number of hydrogen-bond donors (Lipinski definition) is 1. The summed E-state index contributed by atoms with van der Waals surface area (Å²) < 4.78 is 0. The molecule has 0 spiro atoms. The van der Waals surface area contributed by atoms with Crippen LogP contribution < -0.4 is 0 Å². The molecule has 1 nitrogen and oxygen atoms in total. The third-order valence-electron chi connectivity index (χ3n) is 2.86. The summed E-state index contributed by atoms with van der Waals surface area (Å²) in [6, 6.07) is 0.672. The molecule has 0 fully saturated rings. The molecule has 0 rings (SSSR count). The third-order valence-corrected chi connectivity index (χ3v) is 4.14. The van der Waals surface area contributed by atoms with Crippen LogP contribution in [-0.4, -0.2) is 42.3 Å². The van der Waals surface area contributed by atoms with Gasteiger partial charge in [-0.25, -0.2) is 0 Å². The fourth-order valence-electron chi connectivity index (χ4n) is 1.40. The smallest absolute Gasteiger partial charge is 0.0155 e. The molecular weight excluding hydrogens is 210 g/mol. The molecule has 3 heteroatoms. The molecule has 0 aliphatic rings. The topological polar surface area (TPSA) is 3.24 Å². The first-order chi connectivity index (χ1) is 6.52. The molecule has 0 saturated carbocycles. The van der Waals surface area contributed by atoms with E-state index in [2.05, 4.69) is 51.6 Å². The highest BCUT2D eigenvalue weighted by Crippen LogP contribution is 2.15. The molecule has 2 atom stereocenters. The van der Waals surface area contributed by atoms with Crippen molar-refractivity contribution < 1.29 is 0 Å². The minimum Gasteiger partial charge on any atom is -0.303 e. The minimum atomic E-state index is 0.672. The lowest BCUT2D eigenvalue weighted by Gasteiger charge is -2.29. The van der Waals surface area contributed by atoms with Crippen molar-refractivity contribution in [1.29, 1.82) is 0 Å². The van der Waals surface area contributed by atoms with E-state index in [1.807, 2.05) is 11.8 Å². The van der Waals surface area contributed by atoms with Gasteiger partial charge in [-0.15, -0.1) is 0 Å². The molecule has 0 aliphatic heterocycles. The van der Waals surface area contributed by atoms with E-state index >= 15 is 0 Å². The molecule has 0 heterocycles. The molecule has 14 heavy (non-hydrogen) atoms. The molecule has 0 saturated heterocycles. The molecule has 0 aromatic heterocycles. The summed E-state index contributed by atoms with van der Waals surface area (Å²) >= 11 is 6.34. The second-order valence-corrected chi connectivity index (χ2v) is 5.71. The van der Waals surface area contributed by atoms with Crippen molar-refractivity contribution in [2.75, 3.05) is 31.4 Å². The van der Waals surface area contributed by atoms with Crippen LogP contribution in [0.2, 0.25) is 0 Å². The Morgan fingerprint density at radius 3 is 2.21 bits per heavy atom. The Kier molecular flexibility index (Phi) is 8.26. The predicted molar refractivity (Wildman–Crippen MR) is 72.7 cm³/mol. The van der Waals surface area contributed by atoms with E-state index in [-0.39, 0.29) is 0 Å². The Balaban J connectivity index is 3.94. The maximum absolute atomic E-state index is 4.42. The summed E-state index contributed by atoms with van der Waals surface area (Å²) in [7, 11) is 2.22. The van der Waals surface area contributed by atoms with E-state index in [0.717, 1.165) is 11.7 Å². The highest BCUT2D eigenvalue weighted by Gasteiger charge is 2.16. The molecule has 2 unspecified atom stereocenters. The van der Waals surface area contributed by atoms with E-state index in [4.69, 9.17) is 0 Å². The van der Waals surface area contributed by atoms with Crippen molar-refractivity contribution in [3.8, 4) is 0 Å².